The summed E-state index contributed by atoms with van der Waals surface area (Å²) in [5.74, 6) is -0.400. The fraction of sp³-hybridized carbons (Fsp3) is 0.435. The molecule has 0 bridgehead atoms. The zero-order chi connectivity index (χ0) is 24.1. The van der Waals surface area contributed by atoms with E-state index >= 15 is 0 Å². The van der Waals surface area contributed by atoms with E-state index < -0.39 is 25.8 Å². The number of methoxy groups -OCH3 is 1. The Morgan fingerprint density at radius 2 is 1.82 bits per heavy atom. The van der Waals surface area contributed by atoms with Crippen LogP contribution in [0.25, 0.3) is 0 Å². The molecule has 0 aliphatic carbocycles. The minimum atomic E-state index is -3.84. The maximum atomic E-state index is 13.3. The Kier molecular flexibility index (Phi) is 8.14. The number of sulfonamides is 1. The lowest BCUT2D eigenvalue weighted by Gasteiger charge is -2.32. The van der Waals surface area contributed by atoms with Gasteiger partial charge in [0.25, 0.3) is 5.91 Å². The molecule has 1 heterocycles. The molecule has 33 heavy (non-hydrogen) atoms. The molecule has 0 radical (unpaired) electrons. The van der Waals surface area contributed by atoms with Gasteiger partial charge in [-0.25, -0.2) is 16.8 Å². The molecule has 180 valence electrons. The van der Waals surface area contributed by atoms with Gasteiger partial charge in [-0.15, -0.1) is 0 Å². The van der Waals surface area contributed by atoms with E-state index in [-0.39, 0.29) is 45.9 Å². The smallest absolute Gasteiger partial charge is 0.251 e. The average molecular weight is 495 g/mol. The summed E-state index contributed by atoms with van der Waals surface area (Å²) in [6.45, 7) is 2.45. The third-order valence-corrected chi connectivity index (χ3v) is 9.58. The highest BCUT2D eigenvalue weighted by molar-refractivity contribution is 7.91. The summed E-state index contributed by atoms with van der Waals surface area (Å²) in [7, 11) is -5.87. The van der Waals surface area contributed by atoms with Crippen LogP contribution in [0.5, 0.6) is 5.75 Å². The largest absolute Gasteiger partial charge is 0.495 e. The number of amides is 1. The van der Waals surface area contributed by atoms with Crippen molar-refractivity contribution in [3.8, 4) is 5.75 Å². The lowest BCUT2D eigenvalue weighted by atomic mass is 10.1. The Morgan fingerprint density at radius 3 is 2.48 bits per heavy atom. The molecular weight excluding hydrogens is 464 g/mol. The van der Waals surface area contributed by atoms with Gasteiger partial charge in [0.15, 0.2) is 9.84 Å². The van der Waals surface area contributed by atoms with Crippen molar-refractivity contribution in [3.05, 3.63) is 54.1 Å². The van der Waals surface area contributed by atoms with Crippen molar-refractivity contribution in [2.45, 2.75) is 48.4 Å². The van der Waals surface area contributed by atoms with E-state index in [0.717, 1.165) is 19.3 Å². The Bertz CT molecular complexity index is 1180. The van der Waals surface area contributed by atoms with Crippen LogP contribution in [-0.2, 0) is 19.9 Å². The predicted octanol–water partition coefficient (Wildman–Crippen LogP) is 2.85. The van der Waals surface area contributed by atoms with E-state index in [4.69, 9.17) is 4.74 Å². The van der Waals surface area contributed by atoms with Gasteiger partial charge in [0, 0.05) is 24.7 Å². The fourth-order valence-corrected chi connectivity index (χ4v) is 7.10. The molecule has 3 rings (SSSR count). The van der Waals surface area contributed by atoms with Gasteiger partial charge in [-0.1, -0.05) is 24.6 Å². The maximum absolute atomic E-state index is 13.3. The number of nitrogens with zero attached hydrogens (tertiary/aromatic N) is 1. The van der Waals surface area contributed by atoms with E-state index in [9.17, 15) is 21.6 Å². The maximum Gasteiger partial charge on any atom is 0.251 e. The molecule has 1 aliphatic heterocycles. The Labute approximate surface area is 195 Å². The SMILES string of the molecule is COc1ccc(C(=O)NCCCS(=O)(=O)c2ccccc2)cc1S(=O)(=O)N1CCCCC1C. The standard InChI is InChI=1S/C23H30N2O6S2/c1-18-9-6-7-15-25(18)33(29,30)22-17-19(12-13-21(22)31-2)23(26)24-14-8-16-32(27,28)20-10-4-3-5-11-20/h3-5,10-13,17-18H,6-9,14-16H2,1-2H3,(H,24,26). The second-order valence-corrected chi connectivity index (χ2v) is 12.0. The minimum absolute atomic E-state index is 0.0435. The zero-order valence-electron chi connectivity index (χ0n) is 18.9. The molecular formula is C23H30N2O6S2. The van der Waals surface area contributed by atoms with Gasteiger partial charge >= 0.3 is 0 Å². The fourth-order valence-electron chi connectivity index (χ4n) is 3.89. The van der Waals surface area contributed by atoms with Crippen LogP contribution in [0.15, 0.2) is 58.3 Å². The monoisotopic (exact) mass is 494 g/mol. The molecule has 1 saturated heterocycles. The molecule has 0 spiro atoms. The summed E-state index contributed by atoms with van der Waals surface area (Å²) in [5.41, 5.74) is 0.171. The molecule has 0 aromatic heterocycles. The molecule has 8 nitrogen and oxygen atoms in total. The van der Waals surface area contributed by atoms with E-state index in [2.05, 4.69) is 5.32 Å². The Morgan fingerprint density at radius 1 is 1.09 bits per heavy atom. The Hall–Kier alpha value is -2.43. The van der Waals surface area contributed by atoms with Crippen molar-refractivity contribution in [1.29, 1.82) is 0 Å². The number of carbonyl (C=O) groups excluding carboxylic acids is 1. The number of nitrogens with one attached hydrogen (secondary N) is 1. The number of hydrogen-bond acceptors (Lipinski definition) is 6. The quantitative estimate of drug-likeness (QED) is 0.537. The average Bonchev–Trinajstić information content (AvgIpc) is 2.82. The van der Waals surface area contributed by atoms with Crippen molar-refractivity contribution < 1.29 is 26.4 Å². The second kappa shape index (κ2) is 10.7. The van der Waals surface area contributed by atoms with Gasteiger partial charge in [0.1, 0.15) is 10.6 Å². The Balaban J connectivity index is 1.69. The number of piperidine rings is 1. The number of carbonyl (C=O) groups is 1. The van der Waals surface area contributed by atoms with Gasteiger partial charge in [0.2, 0.25) is 10.0 Å². The molecule has 2 aromatic carbocycles. The third-order valence-electron chi connectivity index (χ3n) is 5.73. The molecule has 10 heteroatoms. The summed E-state index contributed by atoms with van der Waals surface area (Å²) >= 11 is 0. The molecule has 1 unspecified atom stereocenters. The van der Waals surface area contributed by atoms with Gasteiger partial charge in [0.05, 0.1) is 17.8 Å². The molecule has 1 aliphatic rings. The first-order valence-electron chi connectivity index (χ1n) is 10.9. The number of sulfone groups is 1. The first-order valence-corrected chi connectivity index (χ1v) is 14.0. The molecule has 1 fully saturated rings. The summed E-state index contributed by atoms with van der Waals surface area (Å²) in [6, 6.07) is 12.3. The number of hydrogen-bond donors (Lipinski definition) is 1. The summed E-state index contributed by atoms with van der Waals surface area (Å²) in [4.78, 5) is 12.8. The van der Waals surface area contributed by atoms with E-state index in [1.807, 2.05) is 6.92 Å². The van der Waals surface area contributed by atoms with Gasteiger partial charge in [-0.2, -0.15) is 4.31 Å². The summed E-state index contributed by atoms with van der Waals surface area (Å²) in [5, 5.41) is 2.67. The van der Waals surface area contributed by atoms with E-state index in [1.54, 1.807) is 18.2 Å². The number of rotatable bonds is 9. The van der Waals surface area contributed by atoms with Crippen LogP contribution in [0, 0.1) is 0 Å². The van der Waals surface area contributed by atoms with Crippen LogP contribution in [-0.4, -0.2) is 59.0 Å². The normalized spacial score (nSPS) is 17.5. The highest BCUT2D eigenvalue weighted by Gasteiger charge is 2.33. The van der Waals surface area contributed by atoms with E-state index in [1.165, 1.54) is 41.7 Å². The van der Waals surface area contributed by atoms with Crippen molar-refractivity contribution in [2.75, 3.05) is 26.0 Å². The molecule has 0 saturated carbocycles. The highest BCUT2D eigenvalue weighted by Crippen LogP contribution is 2.31. The van der Waals surface area contributed by atoms with E-state index in [0.29, 0.717) is 6.54 Å². The van der Waals surface area contributed by atoms with Crippen LogP contribution in [0.3, 0.4) is 0 Å². The van der Waals surface area contributed by atoms with Crippen LogP contribution < -0.4 is 10.1 Å². The third kappa shape index (κ3) is 5.93. The van der Waals surface area contributed by atoms with Crippen molar-refractivity contribution in [2.24, 2.45) is 0 Å². The number of ether oxygens (including phenoxy) is 1. The van der Waals surface area contributed by atoms with Crippen molar-refractivity contribution >= 4 is 25.8 Å². The minimum Gasteiger partial charge on any atom is -0.495 e. The lowest BCUT2D eigenvalue weighted by Crippen LogP contribution is -2.42. The molecule has 1 atom stereocenters. The topological polar surface area (TPSA) is 110 Å². The van der Waals surface area contributed by atoms with Crippen LogP contribution in [0.4, 0.5) is 0 Å². The first-order chi connectivity index (χ1) is 15.7. The zero-order valence-corrected chi connectivity index (χ0v) is 20.5. The lowest BCUT2D eigenvalue weighted by molar-refractivity contribution is 0.0953. The van der Waals surface area contributed by atoms with Crippen LogP contribution >= 0.6 is 0 Å². The second-order valence-electron chi connectivity index (χ2n) is 8.07. The van der Waals surface area contributed by atoms with Crippen molar-refractivity contribution in [3.63, 3.8) is 0 Å². The first kappa shape index (κ1) is 25.2. The van der Waals surface area contributed by atoms with Gasteiger partial charge in [-0.05, 0) is 56.5 Å². The summed E-state index contributed by atoms with van der Waals surface area (Å²) < 4.78 is 58.0. The number of benzene rings is 2. The van der Waals surface area contributed by atoms with Crippen LogP contribution in [0.1, 0.15) is 43.0 Å². The van der Waals surface area contributed by atoms with Gasteiger partial charge < -0.3 is 10.1 Å². The van der Waals surface area contributed by atoms with Crippen molar-refractivity contribution in [1.82, 2.24) is 9.62 Å². The predicted molar refractivity (Wildman–Crippen MR) is 126 cm³/mol. The molecule has 2 aromatic rings. The van der Waals surface area contributed by atoms with Crippen LogP contribution in [0.2, 0.25) is 0 Å². The molecule has 1 amide bonds. The molecule has 1 N–H and O–H groups in total. The highest BCUT2D eigenvalue weighted by atomic mass is 32.2. The summed E-state index contributed by atoms with van der Waals surface area (Å²) in [6.07, 6.45) is 2.79. The van der Waals surface area contributed by atoms with Gasteiger partial charge in [-0.3, -0.25) is 4.79 Å².